The molecule has 7 heteroatoms. The quantitative estimate of drug-likeness (QED) is 0.0919. The highest BCUT2D eigenvalue weighted by molar-refractivity contribution is 5.88. The minimum absolute atomic E-state index is 0.483. The number of unbranched alkanes of at least 4 members (excludes halogenated alkanes) is 10. The molecule has 1 amide bonds. The molecular formula is C32H54N2O5. The fourth-order valence-corrected chi connectivity index (χ4v) is 4.49. The maximum Gasteiger partial charge on any atom is 0.215 e. The first-order chi connectivity index (χ1) is 19.3. The second-order valence-electron chi connectivity index (χ2n) is 10.3. The number of amides is 1. The third kappa shape index (κ3) is 15.3. The van der Waals surface area contributed by atoms with Crippen molar-refractivity contribution in [2.45, 2.75) is 97.3 Å². The molecule has 7 nitrogen and oxygen atoms in total. The summed E-state index contributed by atoms with van der Waals surface area (Å²) in [6.07, 6.45) is 17.2. The molecule has 1 N–H and O–H groups in total. The van der Waals surface area contributed by atoms with Gasteiger partial charge in [-0.3, -0.25) is 4.79 Å². The van der Waals surface area contributed by atoms with E-state index in [2.05, 4.69) is 18.8 Å². The van der Waals surface area contributed by atoms with Crippen molar-refractivity contribution in [3.05, 3.63) is 24.3 Å². The van der Waals surface area contributed by atoms with Crippen LogP contribution < -0.4 is 9.64 Å². The Balaban J connectivity index is 1.55. The summed E-state index contributed by atoms with van der Waals surface area (Å²) < 4.78 is 22.7. The largest absolute Gasteiger partial charge is 0.491 e. The molecule has 2 rings (SSSR count). The summed E-state index contributed by atoms with van der Waals surface area (Å²) in [5.41, 5.74) is 0.974. The van der Waals surface area contributed by atoms with Gasteiger partial charge in [0.2, 0.25) is 6.41 Å². The van der Waals surface area contributed by atoms with Crippen molar-refractivity contribution in [2.75, 3.05) is 57.7 Å². The van der Waals surface area contributed by atoms with E-state index in [0.717, 1.165) is 67.8 Å². The Morgan fingerprint density at radius 2 is 1.26 bits per heavy atom. The Hall–Kier alpha value is -2.09. The maximum absolute atomic E-state index is 11.7. The van der Waals surface area contributed by atoms with Crippen LogP contribution in [0.15, 0.2) is 24.3 Å². The number of anilines is 1. The number of carbonyl (C=O) groups is 1. The Bertz CT molecular complexity index is 856. The summed E-state index contributed by atoms with van der Waals surface area (Å²) in [5.74, 6) is 1.58. The highest BCUT2D eigenvalue weighted by Gasteiger charge is 2.10. The Labute approximate surface area is 236 Å². The first-order valence-corrected chi connectivity index (χ1v) is 15.5. The van der Waals surface area contributed by atoms with Crippen LogP contribution in [0.1, 0.15) is 97.3 Å². The normalized spacial score (nSPS) is 11.3. The standard InChI is InChI=1S/C32H54N2O5/c1-3-5-7-8-9-10-11-12-13-14-20-36-21-15-18-34(28-35)32-27-29-26-30(16-17-31(29)33-32)39-25-24-38-23-22-37-19-6-4-2/h16-17,26-28,33H,3-15,18-25H2,1-2H3. The van der Waals surface area contributed by atoms with Crippen molar-refractivity contribution >= 4 is 23.1 Å². The van der Waals surface area contributed by atoms with Crippen molar-refractivity contribution in [3.8, 4) is 5.75 Å². The molecule has 0 saturated carbocycles. The van der Waals surface area contributed by atoms with Crippen LogP contribution in [0.2, 0.25) is 0 Å². The van der Waals surface area contributed by atoms with E-state index < -0.39 is 0 Å². The van der Waals surface area contributed by atoms with Crippen LogP contribution in [0.25, 0.3) is 10.9 Å². The van der Waals surface area contributed by atoms with Gasteiger partial charge < -0.3 is 28.8 Å². The fraction of sp³-hybridized carbons (Fsp3) is 0.719. The number of hydrogen-bond donors (Lipinski definition) is 1. The molecule has 1 aromatic heterocycles. The minimum atomic E-state index is 0.483. The lowest BCUT2D eigenvalue weighted by Gasteiger charge is -2.15. The first-order valence-electron chi connectivity index (χ1n) is 15.5. The fourth-order valence-electron chi connectivity index (χ4n) is 4.49. The van der Waals surface area contributed by atoms with Crippen molar-refractivity contribution in [2.24, 2.45) is 0 Å². The highest BCUT2D eigenvalue weighted by Crippen LogP contribution is 2.25. The van der Waals surface area contributed by atoms with Crippen molar-refractivity contribution in [3.63, 3.8) is 0 Å². The zero-order valence-electron chi connectivity index (χ0n) is 24.7. The second-order valence-corrected chi connectivity index (χ2v) is 10.3. The maximum atomic E-state index is 11.7. The summed E-state index contributed by atoms with van der Waals surface area (Å²) >= 11 is 0. The molecular weight excluding hydrogens is 492 g/mol. The number of nitrogens with zero attached hydrogens (tertiary/aromatic N) is 1. The number of nitrogens with one attached hydrogen (secondary N) is 1. The number of ether oxygens (including phenoxy) is 4. The zero-order valence-corrected chi connectivity index (χ0v) is 24.7. The van der Waals surface area contributed by atoms with Crippen molar-refractivity contribution in [1.29, 1.82) is 0 Å². The second kappa shape index (κ2) is 22.7. The number of aromatic nitrogens is 1. The average Bonchev–Trinajstić information content (AvgIpc) is 3.37. The number of rotatable bonds is 27. The van der Waals surface area contributed by atoms with Gasteiger partial charge in [-0.1, -0.05) is 78.1 Å². The number of H-pyrrole nitrogens is 1. The first kappa shape index (κ1) is 33.1. The third-order valence-electron chi connectivity index (χ3n) is 6.86. The van der Waals surface area contributed by atoms with Crippen LogP contribution >= 0.6 is 0 Å². The molecule has 0 unspecified atom stereocenters. The average molecular weight is 547 g/mol. The number of benzene rings is 1. The predicted octanol–water partition coefficient (Wildman–Crippen LogP) is 7.67. The van der Waals surface area contributed by atoms with Crippen LogP contribution in [0.3, 0.4) is 0 Å². The van der Waals surface area contributed by atoms with Crippen LogP contribution in [-0.4, -0.2) is 64.2 Å². The molecule has 39 heavy (non-hydrogen) atoms. The van der Waals surface area contributed by atoms with Gasteiger partial charge in [0.15, 0.2) is 0 Å². The molecule has 0 bridgehead atoms. The molecule has 222 valence electrons. The molecule has 1 aromatic carbocycles. The van der Waals surface area contributed by atoms with Gasteiger partial charge in [0.25, 0.3) is 0 Å². The van der Waals surface area contributed by atoms with E-state index in [1.54, 1.807) is 4.90 Å². The lowest BCUT2D eigenvalue weighted by Crippen LogP contribution is -2.23. The molecule has 0 saturated heterocycles. The van der Waals surface area contributed by atoms with E-state index in [1.165, 1.54) is 57.8 Å². The molecule has 0 spiro atoms. The Morgan fingerprint density at radius 1 is 0.667 bits per heavy atom. The molecule has 0 aliphatic heterocycles. The summed E-state index contributed by atoms with van der Waals surface area (Å²) in [6.45, 7) is 9.53. The van der Waals surface area contributed by atoms with Gasteiger partial charge in [-0.25, -0.2) is 0 Å². The topological polar surface area (TPSA) is 73.0 Å². The van der Waals surface area contributed by atoms with Crippen molar-refractivity contribution in [1.82, 2.24) is 4.98 Å². The van der Waals surface area contributed by atoms with Gasteiger partial charge in [-0.05, 0) is 43.5 Å². The molecule has 2 aromatic rings. The minimum Gasteiger partial charge on any atom is -0.491 e. The summed E-state index contributed by atoms with van der Waals surface area (Å²) in [4.78, 5) is 16.8. The van der Waals surface area contributed by atoms with Crippen LogP contribution in [-0.2, 0) is 19.0 Å². The smallest absolute Gasteiger partial charge is 0.215 e. The number of carbonyl (C=O) groups excluding carboxylic acids is 1. The van der Waals surface area contributed by atoms with Crippen LogP contribution in [0.5, 0.6) is 5.75 Å². The molecule has 1 heterocycles. The van der Waals surface area contributed by atoms with Crippen molar-refractivity contribution < 1.29 is 23.7 Å². The third-order valence-corrected chi connectivity index (χ3v) is 6.86. The SMILES string of the molecule is CCCCCCCCCCCCOCCCN(C=O)c1cc2cc(OCCOCCOCCCC)ccc2[nH]1. The lowest BCUT2D eigenvalue weighted by atomic mass is 10.1. The molecule has 0 atom stereocenters. The van der Waals surface area contributed by atoms with Gasteiger partial charge in [0, 0.05) is 37.3 Å². The molecule has 0 aliphatic rings. The van der Waals surface area contributed by atoms with Gasteiger partial charge >= 0.3 is 0 Å². The molecule has 0 fully saturated rings. The van der Waals surface area contributed by atoms with Gasteiger partial charge in [-0.15, -0.1) is 0 Å². The Kier molecular flexibility index (Phi) is 19.3. The van der Waals surface area contributed by atoms with E-state index in [4.69, 9.17) is 18.9 Å². The number of hydrogen-bond acceptors (Lipinski definition) is 5. The van der Waals surface area contributed by atoms with Gasteiger partial charge in [-0.2, -0.15) is 0 Å². The van der Waals surface area contributed by atoms with Gasteiger partial charge in [0.1, 0.15) is 18.2 Å². The monoisotopic (exact) mass is 546 g/mol. The predicted molar refractivity (Wildman–Crippen MR) is 161 cm³/mol. The van der Waals surface area contributed by atoms with Crippen LogP contribution in [0.4, 0.5) is 5.82 Å². The number of aromatic amines is 1. The molecule has 0 aliphatic carbocycles. The number of fused-ring (bicyclic) bond motifs is 1. The summed E-state index contributed by atoms with van der Waals surface area (Å²) in [5, 5.41) is 1.01. The summed E-state index contributed by atoms with van der Waals surface area (Å²) in [7, 11) is 0. The lowest BCUT2D eigenvalue weighted by molar-refractivity contribution is -0.107. The van der Waals surface area contributed by atoms with E-state index in [9.17, 15) is 4.79 Å². The van der Waals surface area contributed by atoms with Crippen LogP contribution in [0, 0.1) is 0 Å². The van der Waals surface area contributed by atoms with E-state index >= 15 is 0 Å². The molecule has 0 radical (unpaired) electrons. The van der Waals surface area contributed by atoms with E-state index in [1.807, 2.05) is 24.3 Å². The van der Waals surface area contributed by atoms with E-state index in [-0.39, 0.29) is 0 Å². The zero-order chi connectivity index (χ0) is 27.8. The Morgan fingerprint density at radius 3 is 1.97 bits per heavy atom. The highest BCUT2D eigenvalue weighted by atomic mass is 16.5. The van der Waals surface area contributed by atoms with Gasteiger partial charge in [0.05, 0.1) is 19.8 Å². The summed E-state index contributed by atoms with van der Waals surface area (Å²) in [6, 6.07) is 7.89. The van der Waals surface area contributed by atoms with E-state index in [0.29, 0.717) is 39.6 Å².